The summed E-state index contributed by atoms with van der Waals surface area (Å²) in [5.41, 5.74) is 4.47. The minimum atomic E-state index is -0.111. The Morgan fingerprint density at radius 3 is 2.64 bits per heavy atom. The lowest BCUT2D eigenvalue weighted by Gasteiger charge is -2.11. The number of rotatable bonds is 5. The lowest BCUT2D eigenvalue weighted by molar-refractivity contribution is 0.0951. The Morgan fingerprint density at radius 2 is 1.93 bits per heavy atom. The molecule has 5 heteroatoms. The van der Waals surface area contributed by atoms with Gasteiger partial charge in [-0.1, -0.05) is 35.9 Å². The number of nitrogens with zero attached hydrogens (tertiary/aromatic N) is 1. The van der Waals surface area contributed by atoms with Crippen molar-refractivity contribution in [3.05, 3.63) is 82.0 Å². The molecule has 4 rings (SSSR count). The number of ether oxygens (including phenoxy) is 1. The number of amides is 1. The summed E-state index contributed by atoms with van der Waals surface area (Å²) in [5.74, 6) is 0.591. The molecule has 4 nitrogen and oxygen atoms in total. The number of benzene rings is 2. The van der Waals surface area contributed by atoms with Gasteiger partial charge in [-0.3, -0.25) is 4.79 Å². The molecule has 0 saturated heterocycles. The lowest BCUT2D eigenvalue weighted by Crippen LogP contribution is -2.22. The maximum Gasteiger partial charge on any atom is 0.251 e. The van der Waals surface area contributed by atoms with E-state index in [4.69, 9.17) is 9.72 Å². The quantitative estimate of drug-likeness (QED) is 0.511. The maximum atomic E-state index is 12.5. The van der Waals surface area contributed by atoms with Gasteiger partial charge in [0.25, 0.3) is 5.91 Å². The summed E-state index contributed by atoms with van der Waals surface area (Å²) in [6.45, 7) is 2.58. The number of fused-ring (bicyclic) bond motifs is 1. The van der Waals surface area contributed by atoms with Gasteiger partial charge >= 0.3 is 0 Å². The van der Waals surface area contributed by atoms with Crippen molar-refractivity contribution in [2.24, 2.45) is 0 Å². The fourth-order valence-electron chi connectivity index (χ4n) is 3.06. The van der Waals surface area contributed by atoms with E-state index in [1.165, 1.54) is 5.56 Å². The highest BCUT2D eigenvalue weighted by Crippen LogP contribution is 2.30. The van der Waals surface area contributed by atoms with Crippen LogP contribution in [0.2, 0.25) is 0 Å². The van der Waals surface area contributed by atoms with Gasteiger partial charge in [0, 0.05) is 27.5 Å². The molecule has 2 heterocycles. The van der Waals surface area contributed by atoms with E-state index < -0.39 is 0 Å². The fraction of sp³-hybridized carbons (Fsp3) is 0.130. The van der Waals surface area contributed by atoms with Gasteiger partial charge in [0.2, 0.25) is 0 Å². The molecule has 0 aliphatic carbocycles. The first-order chi connectivity index (χ1) is 13.6. The van der Waals surface area contributed by atoms with E-state index in [9.17, 15) is 4.79 Å². The normalized spacial score (nSPS) is 10.8. The first-order valence-corrected chi connectivity index (χ1v) is 9.88. The van der Waals surface area contributed by atoms with Gasteiger partial charge in [0.15, 0.2) is 0 Å². The van der Waals surface area contributed by atoms with E-state index in [-0.39, 0.29) is 5.91 Å². The lowest BCUT2D eigenvalue weighted by atomic mass is 10.1. The average Bonchev–Trinajstić information content (AvgIpc) is 3.25. The SMILES string of the molecule is COc1cc(-c2ccc(C)cc2)nc2ccc(C(=O)NCc3cccs3)cc12. The average molecular weight is 388 g/mol. The molecule has 0 radical (unpaired) electrons. The minimum Gasteiger partial charge on any atom is -0.496 e. The van der Waals surface area contributed by atoms with E-state index in [0.717, 1.165) is 27.0 Å². The molecule has 0 fully saturated rings. The number of aryl methyl sites for hydroxylation is 1. The molecule has 4 aromatic rings. The molecule has 0 aliphatic rings. The van der Waals surface area contributed by atoms with Gasteiger partial charge in [-0.15, -0.1) is 11.3 Å². The fourth-order valence-corrected chi connectivity index (χ4v) is 3.70. The summed E-state index contributed by atoms with van der Waals surface area (Å²) in [6.07, 6.45) is 0. The predicted molar refractivity (Wildman–Crippen MR) is 114 cm³/mol. The van der Waals surface area contributed by atoms with Gasteiger partial charge < -0.3 is 10.1 Å². The van der Waals surface area contributed by atoms with Crippen LogP contribution in [0.5, 0.6) is 5.75 Å². The molecule has 140 valence electrons. The van der Waals surface area contributed by atoms with Crippen LogP contribution in [-0.2, 0) is 6.54 Å². The summed E-state index contributed by atoms with van der Waals surface area (Å²) >= 11 is 1.62. The van der Waals surface area contributed by atoms with E-state index in [1.807, 2.05) is 35.7 Å². The van der Waals surface area contributed by atoms with Gasteiger partial charge in [-0.05, 0) is 36.6 Å². The number of methoxy groups -OCH3 is 1. The molecule has 0 atom stereocenters. The Balaban J connectivity index is 1.66. The number of hydrogen-bond acceptors (Lipinski definition) is 4. The van der Waals surface area contributed by atoms with Crippen LogP contribution in [0.3, 0.4) is 0 Å². The van der Waals surface area contributed by atoms with Crippen molar-refractivity contribution in [3.8, 4) is 17.0 Å². The Kier molecular flexibility index (Phi) is 5.08. The van der Waals surface area contributed by atoms with Gasteiger partial charge in [0.1, 0.15) is 5.75 Å². The molecule has 28 heavy (non-hydrogen) atoms. The monoisotopic (exact) mass is 388 g/mol. The van der Waals surface area contributed by atoms with Crippen molar-refractivity contribution >= 4 is 28.1 Å². The van der Waals surface area contributed by atoms with E-state index >= 15 is 0 Å². The van der Waals surface area contributed by atoms with E-state index in [0.29, 0.717) is 17.9 Å². The van der Waals surface area contributed by atoms with Crippen LogP contribution in [-0.4, -0.2) is 18.0 Å². The summed E-state index contributed by atoms with van der Waals surface area (Å²) in [6, 6.07) is 19.6. The molecular weight excluding hydrogens is 368 g/mol. The molecule has 2 aromatic heterocycles. The Hall–Kier alpha value is -3.18. The number of hydrogen-bond donors (Lipinski definition) is 1. The first kappa shape index (κ1) is 18.2. The van der Waals surface area contributed by atoms with Crippen molar-refractivity contribution in [2.45, 2.75) is 13.5 Å². The third-order valence-corrected chi connectivity index (χ3v) is 5.48. The highest BCUT2D eigenvalue weighted by atomic mass is 32.1. The van der Waals surface area contributed by atoms with Crippen LogP contribution in [0, 0.1) is 6.92 Å². The van der Waals surface area contributed by atoms with Gasteiger partial charge in [-0.25, -0.2) is 4.98 Å². The topological polar surface area (TPSA) is 51.2 Å². The summed E-state index contributed by atoms with van der Waals surface area (Å²) in [5, 5.41) is 5.78. The number of aromatic nitrogens is 1. The van der Waals surface area contributed by atoms with Crippen LogP contribution in [0.4, 0.5) is 0 Å². The first-order valence-electron chi connectivity index (χ1n) is 9.00. The molecule has 1 N–H and O–H groups in total. The van der Waals surface area contributed by atoms with Crippen LogP contribution < -0.4 is 10.1 Å². The second-order valence-corrected chi connectivity index (χ2v) is 7.60. The van der Waals surface area contributed by atoms with Crippen LogP contribution in [0.15, 0.2) is 66.0 Å². The minimum absolute atomic E-state index is 0.111. The summed E-state index contributed by atoms with van der Waals surface area (Å²) < 4.78 is 5.60. The van der Waals surface area contributed by atoms with Crippen LogP contribution in [0.25, 0.3) is 22.2 Å². The maximum absolute atomic E-state index is 12.5. The van der Waals surface area contributed by atoms with E-state index in [1.54, 1.807) is 24.5 Å². The molecule has 2 aromatic carbocycles. The summed E-state index contributed by atoms with van der Waals surface area (Å²) in [4.78, 5) is 18.4. The molecule has 0 aliphatic heterocycles. The highest BCUT2D eigenvalue weighted by molar-refractivity contribution is 7.09. The van der Waals surface area contributed by atoms with Crippen molar-refractivity contribution in [2.75, 3.05) is 7.11 Å². The number of carbonyl (C=O) groups excluding carboxylic acids is 1. The Labute approximate surface area is 167 Å². The largest absolute Gasteiger partial charge is 0.496 e. The van der Waals surface area contributed by atoms with Crippen LogP contribution in [0.1, 0.15) is 20.8 Å². The second kappa shape index (κ2) is 7.82. The zero-order valence-corrected chi connectivity index (χ0v) is 16.5. The van der Waals surface area contributed by atoms with Crippen molar-refractivity contribution in [1.29, 1.82) is 0 Å². The van der Waals surface area contributed by atoms with Gasteiger partial charge in [0.05, 0.1) is 24.9 Å². The number of pyridine rings is 1. The number of thiophene rings is 1. The molecular formula is C23H20N2O2S. The number of nitrogens with one attached hydrogen (secondary N) is 1. The predicted octanol–water partition coefficient (Wildman–Crippen LogP) is 5.21. The van der Waals surface area contributed by atoms with Crippen molar-refractivity contribution in [1.82, 2.24) is 10.3 Å². The molecule has 0 spiro atoms. The molecule has 0 bridgehead atoms. The van der Waals surface area contributed by atoms with E-state index in [2.05, 4.69) is 36.5 Å². The molecule has 0 unspecified atom stereocenters. The van der Waals surface area contributed by atoms with Crippen molar-refractivity contribution in [3.63, 3.8) is 0 Å². The molecule has 1 amide bonds. The Bertz CT molecular complexity index is 1120. The summed E-state index contributed by atoms with van der Waals surface area (Å²) in [7, 11) is 1.64. The van der Waals surface area contributed by atoms with Crippen LogP contribution >= 0.6 is 11.3 Å². The number of carbonyl (C=O) groups is 1. The molecule has 0 saturated carbocycles. The van der Waals surface area contributed by atoms with Gasteiger partial charge in [-0.2, -0.15) is 0 Å². The smallest absolute Gasteiger partial charge is 0.251 e. The highest BCUT2D eigenvalue weighted by Gasteiger charge is 2.12. The zero-order chi connectivity index (χ0) is 19.5. The Morgan fingerprint density at radius 1 is 1.11 bits per heavy atom. The third kappa shape index (κ3) is 3.75. The third-order valence-electron chi connectivity index (χ3n) is 4.60. The standard InChI is InChI=1S/C23H20N2O2S/c1-15-5-7-16(8-6-15)21-13-22(27-2)19-12-17(9-10-20(19)25-21)23(26)24-14-18-4-3-11-28-18/h3-13H,14H2,1-2H3,(H,24,26). The second-order valence-electron chi connectivity index (χ2n) is 6.57. The van der Waals surface area contributed by atoms with Crippen molar-refractivity contribution < 1.29 is 9.53 Å². The zero-order valence-electron chi connectivity index (χ0n) is 15.7.